The molecule has 0 spiro atoms. The molecule has 2 aliphatic rings. The van der Waals surface area contributed by atoms with Gasteiger partial charge in [-0.25, -0.2) is 13.1 Å². The minimum Gasteiger partial charge on any atom is -0.456 e. The molecule has 0 amide bonds. The van der Waals surface area contributed by atoms with E-state index in [9.17, 15) is 34.1 Å². The number of nitriles is 1. The predicted molar refractivity (Wildman–Crippen MR) is 155 cm³/mol. The van der Waals surface area contributed by atoms with E-state index >= 15 is 0 Å². The lowest BCUT2D eigenvalue weighted by molar-refractivity contribution is -0.279. The fraction of sp³-hybridized carbons (Fsp3) is 0.414. The van der Waals surface area contributed by atoms with Gasteiger partial charge in [-0.3, -0.25) is 0 Å². The van der Waals surface area contributed by atoms with E-state index in [0.29, 0.717) is 5.76 Å². The van der Waals surface area contributed by atoms with Crippen LogP contribution in [0.15, 0.2) is 57.9 Å². The normalized spacial score (nSPS) is 26.2. The standard InChI is InChI=1S/C29H34N4O8S/c1-17(25(15-30)42(38,39)31-16-24-26(34)27(35)28(36)29(37)41-24)22-7-8-23(40-22)20-4-3-19-14-21(6-5-18(19)13-20)33-11-9-32(2)10-12-33/h3-8,13-14,24,26-29,31,34-37H,9-12,16H2,1-2H3/b25-17+/t24-,26-,27+,28-,29?/m1/s1. The third-order valence-electron chi connectivity index (χ3n) is 7.82. The molecule has 0 saturated carbocycles. The Morgan fingerprint density at radius 1 is 0.976 bits per heavy atom. The summed E-state index contributed by atoms with van der Waals surface area (Å²) in [5, 5.41) is 51.0. The molecule has 42 heavy (non-hydrogen) atoms. The maximum Gasteiger partial charge on any atom is 0.251 e. The highest BCUT2D eigenvalue weighted by Gasteiger charge is 2.43. The van der Waals surface area contributed by atoms with Crippen LogP contribution >= 0.6 is 0 Å². The molecule has 5 N–H and O–H groups in total. The summed E-state index contributed by atoms with van der Waals surface area (Å²) in [6, 6.07) is 17.3. The number of aliphatic hydroxyl groups is 4. The lowest BCUT2D eigenvalue weighted by Gasteiger charge is -2.38. The molecular weight excluding hydrogens is 564 g/mol. The molecule has 1 unspecified atom stereocenters. The van der Waals surface area contributed by atoms with Crippen molar-refractivity contribution < 1.29 is 38.0 Å². The van der Waals surface area contributed by atoms with Crippen LogP contribution in [0.2, 0.25) is 0 Å². The number of piperazine rings is 1. The topological polar surface area (TPSA) is 180 Å². The number of anilines is 1. The molecule has 5 atom stereocenters. The van der Waals surface area contributed by atoms with Crippen molar-refractivity contribution in [2.75, 3.05) is 44.7 Å². The molecule has 0 aliphatic carbocycles. The minimum absolute atomic E-state index is 0.0643. The first-order valence-electron chi connectivity index (χ1n) is 13.5. The van der Waals surface area contributed by atoms with E-state index in [4.69, 9.17) is 9.15 Å². The van der Waals surface area contributed by atoms with E-state index < -0.39 is 52.2 Å². The van der Waals surface area contributed by atoms with Crippen molar-refractivity contribution in [1.82, 2.24) is 9.62 Å². The van der Waals surface area contributed by atoms with Gasteiger partial charge in [0.1, 0.15) is 42.0 Å². The van der Waals surface area contributed by atoms with Gasteiger partial charge in [0.2, 0.25) is 0 Å². The van der Waals surface area contributed by atoms with Gasteiger partial charge in [-0.2, -0.15) is 5.26 Å². The van der Waals surface area contributed by atoms with Gasteiger partial charge in [0.25, 0.3) is 10.0 Å². The molecule has 3 heterocycles. The first-order valence-corrected chi connectivity index (χ1v) is 15.0. The van der Waals surface area contributed by atoms with Crippen molar-refractivity contribution in [3.8, 4) is 17.4 Å². The summed E-state index contributed by atoms with van der Waals surface area (Å²) in [4.78, 5) is 4.08. The van der Waals surface area contributed by atoms with E-state index in [1.54, 1.807) is 18.2 Å². The summed E-state index contributed by atoms with van der Waals surface area (Å²) >= 11 is 0. The zero-order valence-corrected chi connectivity index (χ0v) is 24.0. The maximum atomic E-state index is 13.0. The monoisotopic (exact) mass is 598 g/mol. The number of benzene rings is 2. The van der Waals surface area contributed by atoms with E-state index in [-0.39, 0.29) is 11.3 Å². The van der Waals surface area contributed by atoms with Crippen LogP contribution in [0.25, 0.3) is 27.7 Å². The largest absolute Gasteiger partial charge is 0.456 e. The van der Waals surface area contributed by atoms with Crippen LogP contribution < -0.4 is 9.62 Å². The summed E-state index contributed by atoms with van der Waals surface area (Å²) in [6.07, 6.45) is -8.35. The summed E-state index contributed by atoms with van der Waals surface area (Å²) in [7, 11) is -2.28. The number of rotatable bonds is 7. The Balaban J connectivity index is 1.32. The predicted octanol–water partition coefficient (Wildman–Crippen LogP) is 0.825. The lowest BCUT2D eigenvalue weighted by Crippen LogP contribution is -2.59. The van der Waals surface area contributed by atoms with E-state index in [1.807, 2.05) is 18.2 Å². The average molecular weight is 599 g/mol. The molecule has 5 rings (SSSR count). The van der Waals surface area contributed by atoms with Crippen molar-refractivity contribution in [2.45, 2.75) is 37.6 Å². The zero-order chi connectivity index (χ0) is 30.2. The molecule has 2 aromatic carbocycles. The second kappa shape index (κ2) is 12.1. The van der Waals surface area contributed by atoms with Crippen LogP contribution in [0.5, 0.6) is 0 Å². The summed E-state index contributed by atoms with van der Waals surface area (Å²) in [5.74, 6) is 0.678. The van der Waals surface area contributed by atoms with Gasteiger partial charge in [0, 0.05) is 49.5 Å². The Morgan fingerprint density at radius 2 is 1.67 bits per heavy atom. The Kier molecular flexibility index (Phi) is 8.70. The van der Waals surface area contributed by atoms with Crippen LogP contribution in [0.4, 0.5) is 5.69 Å². The highest BCUT2D eigenvalue weighted by Crippen LogP contribution is 2.32. The third kappa shape index (κ3) is 6.07. The van der Waals surface area contributed by atoms with Crippen LogP contribution in [0.3, 0.4) is 0 Å². The fourth-order valence-electron chi connectivity index (χ4n) is 5.16. The fourth-order valence-corrected chi connectivity index (χ4v) is 6.32. The highest BCUT2D eigenvalue weighted by atomic mass is 32.2. The van der Waals surface area contributed by atoms with Crippen LogP contribution in [0, 0.1) is 11.3 Å². The molecule has 12 nitrogen and oxygen atoms in total. The van der Waals surface area contributed by atoms with Gasteiger partial charge in [-0.15, -0.1) is 0 Å². The molecule has 3 aromatic rings. The summed E-state index contributed by atoms with van der Waals surface area (Å²) < 4.78 is 39.1. The van der Waals surface area contributed by atoms with Gasteiger partial charge in [-0.1, -0.05) is 18.2 Å². The van der Waals surface area contributed by atoms with Crippen LogP contribution in [0.1, 0.15) is 12.7 Å². The van der Waals surface area contributed by atoms with Crippen molar-refractivity contribution in [1.29, 1.82) is 5.26 Å². The Morgan fingerprint density at radius 3 is 2.38 bits per heavy atom. The first kappa shape index (κ1) is 30.1. The quantitative estimate of drug-likeness (QED) is 0.243. The van der Waals surface area contributed by atoms with Crippen molar-refractivity contribution >= 4 is 32.1 Å². The van der Waals surface area contributed by atoms with Crippen molar-refractivity contribution in [2.24, 2.45) is 0 Å². The second-order valence-electron chi connectivity index (χ2n) is 10.7. The number of allylic oxidation sites excluding steroid dienone is 2. The number of hydrogen-bond acceptors (Lipinski definition) is 11. The molecular formula is C29H34N4O8S. The van der Waals surface area contributed by atoms with Gasteiger partial charge in [0.15, 0.2) is 11.2 Å². The average Bonchev–Trinajstić information content (AvgIpc) is 3.48. The number of likely N-dealkylation sites (N-methyl/N-ethyl adjacent to an activating group) is 1. The highest BCUT2D eigenvalue weighted by molar-refractivity contribution is 7.93. The van der Waals surface area contributed by atoms with Gasteiger partial charge in [0.05, 0.1) is 0 Å². The number of nitrogens with one attached hydrogen (secondary N) is 1. The summed E-state index contributed by atoms with van der Waals surface area (Å²) in [5.41, 5.74) is 2.03. The Labute approximate surface area is 243 Å². The molecule has 1 aromatic heterocycles. The lowest BCUT2D eigenvalue weighted by atomic mass is 9.99. The van der Waals surface area contributed by atoms with Crippen LogP contribution in [-0.4, -0.2) is 104 Å². The maximum absolute atomic E-state index is 13.0. The smallest absolute Gasteiger partial charge is 0.251 e. The minimum atomic E-state index is -4.41. The Hall–Kier alpha value is -3.32. The van der Waals surface area contributed by atoms with Crippen molar-refractivity contribution in [3.63, 3.8) is 0 Å². The van der Waals surface area contributed by atoms with E-state index in [0.717, 1.165) is 42.5 Å². The number of furan rings is 1. The molecule has 2 saturated heterocycles. The number of hydrogen-bond donors (Lipinski definition) is 5. The number of fused-ring (bicyclic) bond motifs is 1. The molecule has 0 radical (unpaired) electrons. The molecule has 13 heteroatoms. The molecule has 0 bridgehead atoms. The number of nitrogens with zero attached hydrogens (tertiary/aromatic N) is 3. The number of aliphatic hydroxyl groups excluding tert-OH is 4. The van der Waals surface area contributed by atoms with E-state index in [2.05, 4.69) is 39.8 Å². The zero-order valence-electron chi connectivity index (χ0n) is 23.2. The first-order chi connectivity index (χ1) is 20.0. The van der Waals surface area contributed by atoms with E-state index in [1.165, 1.54) is 12.6 Å². The van der Waals surface area contributed by atoms with Crippen molar-refractivity contribution in [3.05, 3.63) is 59.2 Å². The number of sulfonamides is 1. The molecule has 2 aliphatic heterocycles. The van der Waals surface area contributed by atoms with Gasteiger partial charge < -0.3 is 39.4 Å². The number of ether oxygens (including phenoxy) is 1. The molecule has 2 fully saturated rings. The SMILES string of the molecule is C/C(=C(/C#N)S(=O)(=O)NC[C@H]1OC(O)[C@H](O)[C@@H](O)[C@@H]1O)c1ccc(-c2ccc3cc(N4CCN(C)CC4)ccc3c2)o1. The third-order valence-corrected chi connectivity index (χ3v) is 9.31. The molecule has 224 valence electrons. The van der Waals surface area contributed by atoms with Gasteiger partial charge in [-0.05, 0) is 55.1 Å². The summed E-state index contributed by atoms with van der Waals surface area (Å²) in [6.45, 7) is 4.87. The van der Waals surface area contributed by atoms with Gasteiger partial charge >= 0.3 is 0 Å². The van der Waals surface area contributed by atoms with Crippen LogP contribution in [-0.2, 0) is 14.8 Å². The second-order valence-corrected chi connectivity index (χ2v) is 12.4. The Bertz CT molecular complexity index is 1620.